The molecule has 5 nitrogen and oxygen atoms in total. The summed E-state index contributed by atoms with van der Waals surface area (Å²) in [6, 6.07) is 9.58. The molecule has 2 aromatic rings. The number of amides is 1. The first-order valence-electron chi connectivity index (χ1n) is 8.32. The Balaban J connectivity index is 1.64. The lowest BCUT2D eigenvalue weighted by molar-refractivity contribution is 0.0687. The molecule has 2 heterocycles. The molecule has 1 aromatic heterocycles. The standard InChI is InChI=1S/C18H24N4O/c1-19-10-6-15-7-12-21(13-8-15)18(23)16-4-2-5-17(14-16)22-11-3-9-20-22/h2-5,9,11,14-15,19H,6-8,10,12-13H2,1H3. The van der Waals surface area contributed by atoms with Crippen molar-refractivity contribution >= 4 is 5.91 Å². The van der Waals surface area contributed by atoms with E-state index >= 15 is 0 Å². The normalized spacial score (nSPS) is 15.8. The Bertz CT molecular complexity index is 630. The Hall–Kier alpha value is -2.14. The van der Waals surface area contributed by atoms with Gasteiger partial charge in [0.2, 0.25) is 0 Å². The van der Waals surface area contributed by atoms with Crippen LogP contribution >= 0.6 is 0 Å². The van der Waals surface area contributed by atoms with E-state index in [4.69, 9.17) is 0 Å². The van der Waals surface area contributed by atoms with Crippen LogP contribution < -0.4 is 5.32 Å². The molecule has 23 heavy (non-hydrogen) atoms. The molecule has 122 valence electrons. The molecular formula is C18H24N4O. The van der Waals surface area contributed by atoms with Gasteiger partial charge in [-0.1, -0.05) is 6.07 Å². The number of hydrogen-bond acceptors (Lipinski definition) is 3. The summed E-state index contributed by atoms with van der Waals surface area (Å²) >= 11 is 0. The second kappa shape index (κ2) is 7.42. The maximum absolute atomic E-state index is 12.7. The number of likely N-dealkylation sites (tertiary alicyclic amines) is 1. The number of hydrogen-bond donors (Lipinski definition) is 1. The highest BCUT2D eigenvalue weighted by atomic mass is 16.2. The lowest BCUT2D eigenvalue weighted by Gasteiger charge is -2.32. The third-order valence-corrected chi connectivity index (χ3v) is 4.57. The van der Waals surface area contributed by atoms with Crippen LogP contribution in [0.2, 0.25) is 0 Å². The van der Waals surface area contributed by atoms with Gasteiger partial charge in [-0.2, -0.15) is 5.10 Å². The summed E-state index contributed by atoms with van der Waals surface area (Å²) in [4.78, 5) is 14.7. The second-order valence-corrected chi connectivity index (χ2v) is 6.13. The van der Waals surface area contributed by atoms with E-state index in [-0.39, 0.29) is 5.91 Å². The smallest absolute Gasteiger partial charge is 0.253 e. The number of nitrogens with zero attached hydrogens (tertiary/aromatic N) is 3. The van der Waals surface area contributed by atoms with Gasteiger partial charge in [0.15, 0.2) is 0 Å². The Labute approximate surface area is 137 Å². The molecule has 0 unspecified atom stereocenters. The number of aromatic nitrogens is 2. The van der Waals surface area contributed by atoms with Gasteiger partial charge in [0, 0.05) is 31.0 Å². The van der Waals surface area contributed by atoms with Crippen molar-refractivity contribution in [2.45, 2.75) is 19.3 Å². The van der Waals surface area contributed by atoms with E-state index in [0.717, 1.165) is 49.6 Å². The van der Waals surface area contributed by atoms with Crippen LogP contribution in [-0.4, -0.2) is 47.3 Å². The van der Waals surface area contributed by atoms with Crippen molar-refractivity contribution in [1.29, 1.82) is 0 Å². The highest BCUT2D eigenvalue weighted by Gasteiger charge is 2.23. The first kappa shape index (κ1) is 15.7. The van der Waals surface area contributed by atoms with Crippen LogP contribution in [0.5, 0.6) is 0 Å². The molecule has 1 aromatic carbocycles. The van der Waals surface area contributed by atoms with Crippen LogP contribution in [0.1, 0.15) is 29.6 Å². The van der Waals surface area contributed by atoms with Crippen molar-refractivity contribution in [1.82, 2.24) is 20.0 Å². The fourth-order valence-electron chi connectivity index (χ4n) is 3.16. The number of benzene rings is 1. The van der Waals surface area contributed by atoms with Crippen LogP contribution in [-0.2, 0) is 0 Å². The predicted octanol–water partition coefficient (Wildman–Crippen LogP) is 2.33. The van der Waals surface area contributed by atoms with Gasteiger partial charge in [0.25, 0.3) is 5.91 Å². The first-order valence-corrected chi connectivity index (χ1v) is 8.32. The monoisotopic (exact) mass is 312 g/mol. The summed E-state index contributed by atoms with van der Waals surface area (Å²) in [5.41, 5.74) is 1.66. The van der Waals surface area contributed by atoms with E-state index in [9.17, 15) is 4.79 Å². The largest absolute Gasteiger partial charge is 0.339 e. The van der Waals surface area contributed by atoms with Crippen molar-refractivity contribution in [3.8, 4) is 5.69 Å². The Kier molecular flexibility index (Phi) is 5.08. The topological polar surface area (TPSA) is 50.2 Å². The minimum atomic E-state index is 0.131. The van der Waals surface area contributed by atoms with Crippen LogP contribution in [0.3, 0.4) is 0 Å². The predicted molar refractivity (Wildman–Crippen MR) is 90.7 cm³/mol. The van der Waals surface area contributed by atoms with E-state index in [1.54, 1.807) is 10.9 Å². The Morgan fingerprint density at radius 1 is 1.30 bits per heavy atom. The quantitative estimate of drug-likeness (QED) is 0.922. The summed E-state index contributed by atoms with van der Waals surface area (Å²) in [7, 11) is 1.99. The fraction of sp³-hybridized carbons (Fsp3) is 0.444. The first-order chi connectivity index (χ1) is 11.3. The maximum Gasteiger partial charge on any atom is 0.253 e. The Morgan fingerprint density at radius 2 is 2.13 bits per heavy atom. The highest BCUT2D eigenvalue weighted by molar-refractivity contribution is 5.94. The number of carbonyl (C=O) groups excluding carboxylic acids is 1. The zero-order chi connectivity index (χ0) is 16.1. The van der Waals surface area contributed by atoms with Crippen molar-refractivity contribution in [2.75, 3.05) is 26.7 Å². The molecule has 1 saturated heterocycles. The lowest BCUT2D eigenvalue weighted by Crippen LogP contribution is -2.39. The van der Waals surface area contributed by atoms with Crippen molar-refractivity contribution in [2.24, 2.45) is 5.92 Å². The van der Waals surface area contributed by atoms with Crippen molar-refractivity contribution < 1.29 is 4.79 Å². The maximum atomic E-state index is 12.7. The lowest BCUT2D eigenvalue weighted by atomic mass is 9.93. The number of piperidine rings is 1. The summed E-state index contributed by atoms with van der Waals surface area (Å²) in [6.07, 6.45) is 7.03. The van der Waals surface area contributed by atoms with Crippen LogP contribution in [0.25, 0.3) is 5.69 Å². The van der Waals surface area contributed by atoms with E-state index in [2.05, 4.69) is 10.4 Å². The van der Waals surface area contributed by atoms with E-state index in [1.165, 1.54) is 6.42 Å². The van der Waals surface area contributed by atoms with Crippen molar-refractivity contribution in [3.63, 3.8) is 0 Å². The average molecular weight is 312 g/mol. The third-order valence-electron chi connectivity index (χ3n) is 4.57. The molecule has 1 aliphatic heterocycles. The molecule has 1 aliphatic rings. The van der Waals surface area contributed by atoms with Gasteiger partial charge in [0.1, 0.15) is 0 Å². The molecule has 1 amide bonds. The second-order valence-electron chi connectivity index (χ2n) is 6.13. The summed E-state index contributed by atoms with van der Waals surface area (Å²) < 4.78 is 1.78. The van der Waals surface area contributed by atoms with Gasteiger partial charge in [-0.15, -0.1) is 0 Å². The zero-order valence-corrected chi connectivity index (χ0v) is 13.6. The van der Waals surface area contributed by atoms with Crippen LogP contribution in [0.4, 0.5) is 0 Å². The van der Waals surface area contributed by atoms with E-state index < -0.39 is 0 Å². The summed E-state index contributed by atoms with van der Waals surface area (Å²) in [6.45, 7) is 2.78. The molecule has 0 atom stereocenters. The molecule has 1 fully saturated rings. The van der Waals surface area contributed by atoms with Gasteiger partial charge < -0.3 is 10.2 Å². The van der Waals surface area contributed by atoms with Gasteiger partial charge >= 0.3 is 0 Å². The minimum absolute atomic E-state index is 0.131. The molecule has 0 bridgehead atoms. The zero-order valence-electron chi connectivity index (χ0n) is 13.6. The number of carbonyl (C=O) groups is 1. The van der Waals surface area contributed by atoms with Crippen LogP contribution in [0, 0.1) is 5.92 Å². The molecule has 0 aliphatic carbocycles. The highest BCUT2D eigenvalue weighted by Crippen LogP contribution is 2.22. The molecule has 3 rings (SSSR count). The molecule has 0 radical (unpaired) electrons. The molecule has 1 N–H and O–H groups in total. The summed E-state index contributed by atoms with van der Waals surface area (Å²) in [5.74, 6) is 0.869. The van der Waals surface area contributed by atoms with Crippen molar-refractivity contribution in [3.05, 3.63) is 48.3 Å². The van der Waals surface area contributed by atoms with Crippen LogP contribution in [0.15, 0.2) is 42.7 Å². The van der Waals surface area contributed by atoms with Gasteiger partial charge in [-0.05, 0) is 63.0 Å². The number of rotatable bonds is 5. The third kappa shape index (κ3) is 3.79. The SMILES string of the molecule is CNCCC1CCN(C(=O)c2cccc(-n3cccn3)c2)CC1. The molecular weight excluding hydrogens is 288 g/mol. The van der Waals surface area contributed by atoms with Gasteiger partial charge in [0.05, 0.1) is 5.69 Å². The van der Waals surface area contributed by atoms with E-state index in [1.807, 2.05) is 48.5 Å². The molecule has 0 saturated carbocycles. The number of nitrogens with one attached hydrogen (secondary N) is 1. The Morgan fingerprint density at radius 3 is 2.83 bits per heavy atom. The average Bonchev–Trinajstić information content (AvgIpc) is 3.14. The van der Waals surface area contributed by atoms with Gasteiger partial charge in [-0.3, -0.25) is 4.79 Å². The van der Waals surface area contributed by atoms with Gasteiger partial charge in [-0.25, -0.2) is 4.68 Å². The minimum Gasteiger partial charge on any atom is -0.339 e. The fourth-order valence-corrected chi connectivity index (χ4v) is 3.16. The summed E-state index contributed by atoms with van der Waals surface area (Å²) in [5, 5.41) is 7.43. The molecule has 5 heteroatoms. The van der Waals surface area contributed by atoms with E-state index in [0.29, 0.717) is 0 Å². The molecule has 0 spiro atoms.